The van der Waals surface area contributed by atoms with Crippen LogP contribution in [0, 0.1) is 6.85 Å². The second-order valence-corrected chi connectivity index (χ2v) is 14.1. The van der Waals surface area contributed by atoms with Crippen LogP contribution in [0.1, 0.15) is 47.5 Å². The van der Waals surface area contributed by atoms with E-state index in [4.69, 9.17) is 4.11 Å². The van der Waals surface area contributed by atoms with E-state index in [0.717, 1.165) is 46.6 Å². The minimum atomic E-state index is -2.22. The molecule has 0 bridgehead atoms. The number of benzene rings is 8. The number of nitrogens with zero attached hydrogens (tertiary/aromatic N) is 1. The van der Waals surface area contributed by atoms with E-state index in [1.54, 1.807) is 12.1 Å². The van der Waals surface area contributed by atoms with Gasteiger partial charge >= 0.3 is 0 Å². The first-order chi connectivity index (χ1) is 27.3. The van der Waals surface area contributed by atoms with Gasteiger partial charge in [-0.3, -0.25) is 0 Å². The quantitative estimate of drug-likeness (QED) is 0.154. The lowest BCUT2D eigenvalue weighted by Crippen LogP contribution is -2.23. The molecule has 1 nitrogen and oxygen atoms in total. The Morgan fingerprint density at radius 3 is 1.62 bits per heavy atom. The van der Waals surface area contributed by atoms with Crippen molar-refractivity contribution in [3.8, 4) is 44.5 Å². The Labute approximate surface area is 318 Å². The molecule has 0 saturated heterocycles. The highest BCUT2D eigenvalue weighted by atomic mass is 15.1. The molecular weight excluding hydrogens is 639 g/mol. The Balaban J connectivity index is 1.28. The third kappa shape index (κ3) is 5.39. The van der Waals surface area contributed by atoms with Crippen molar-refractivity contribution in [2.75, 3.05) is 4.90 Å². The smallest absolute Gasteiger partial charge is 0.0621 e. The van der Waals surface area contributed by atoms with Gasteiger partial charge in [-0.2, -0.15) is 0 Å². The summed E-state index contributed by atoms with van der Waals surface area (Å²) in [5.74, 6) is 0. The maximum atomic E-state index is 8.24. The van der Waals surface area contributed by atoms with E-state index in [0.29, 0.717) is 5.56 Å². The molecule has 0 radical (unpaired) electrons. The Hall–Kier alpha value is -6.18. The summed E-state index contributed by atoms with van der Waals surface area (Å²) < 4.78 is 24.7. The number of hydrogen-bond donors (Lipinski definition) is 0. The zero-order chi connectivity index (χ0) is 38.4. The Morgan fingerprint density at radius 1 is 0.472 bits per heavy atom. The van der Waals surface area contributed by atoms with Crippen molar-refractivity contribution in [2.24, 2.45) is 0 Å². The molecule has 0 atom stereocenters. The summed E-state index contributed by atoms with van der Waals surface area (Å²) in [5, 5.41) is 2.39. The zero-order valence-corrected chi connectivity index (χ0v) is 30.2. The minimum absolute atomic E-state index is 0.107. The topological polar surface area (TPSA) is 3.24 Å². The highest BCUT2D eigenvalue weighted by Crippen LogP contribution is 2.59. The molecule has 0 N–H and O–H groups in total. The van der Waals surface area contributed by atoms with Crippen LogP contribution >= 0.6 is 0 Å². The molecule has 0 heterocycles. The van der Waals surface area contributed by atoms with Crippen LogP contribution in [0.2, 0.25) is 0 Å². The normalized spacial score (nSPS) is 13.8. The molecule has 0 saturated carbocycles. The van der Waals surface area contributed by atoms with Crippen molar-refractivity contribution in [2.45, 2.75) is 39.0 Å². The van der Waals surface area contributed by atoms with Gasteiger partial charge in [0.25, 0.3) is 0 Å². The molecule has 0 amide bonds. The molecule has 0 spiro atoms. The van der Waals surface area contributed by atoms with Crippen LogP contribution in [0.25, 0.3) is 55.3 Å². The van der Waals surface area contributed by atoms with E-state index in [-0.39, 0.29) is 5.41 Å². The molecule has 9 rings (SSSR count). The van der Waals surface area contributed by atoms with Crippen molar-refractivity contribution in [3.63, 3.8) is 0 Å². The summed E-state index contributed by atoms with van der Waals surface area (Å²) in [6.07, 6.45) is 2.00. The molecule has 0 aliphatic heterocycles. The van der Waals surface area contributed by atoms with E-state index in [1.807, 2.05) is 12.1 Å². The highest BCUT2D eigenvalue weighted by molar-refractivity contribution is 6.10. The van der Waals surface area contributed by atoms with Crippen molar-refractivity contribution in [1.29, 1.82) is 0 Å². The third-order valence-corrected chi connectivity index (χ3v) is 11.5. The van der Waals surface area contributed by atoms with Crippen LogP contribution in [-0.4, -0.2) is 0 Å². The van der Waals surface area contributed by atoms with Crippen LogP contribution in [-0.2, 0) is 5.41 Å². The number of rotatable bonds is 8. The van der Waals surface area contributed by atoms with Gasteiger partial charge in [0.05, 0.1) is 5.69 Å². The lowest BCUT2D eigenvalue weighted by Gasteiger charge is -2.32. The summed E-state index contributed by atoms with van der Waals surface area (Å²) in [5.41, 5.74) is 15.1. The molecule has 1 heteroatoms. The average Bonchev–Trinajstić information content (AvgIpc) is 3.53. The molecule has 0 aromatic heterocycles. The SMILES string of the molecule is [2H]C([2H])([2H])c1ccccc1-c1ccc(N(c2ccc(-c3ccccc3-c3ccccc3)cc2)c2c3c(cc4ccccc24)C(CC)(CC)c2ccccc2-3)cc1. The van der Waals surface area contributed by atoms with Gasteiger partial charge in [0, 0.05) is 31.9 Å². The molecule has 1 aliphatic rings. The predicted octanol–water partition coefficient (Wildman–Crippen LogP) is 14.7. The molecular formula is C52H43N. The number of fused-ring (bicyclic) bond motifs is 4. The zero-order valence-electron chi connectivity index (χ0n) is 33.2. The molecule has 53 heavy (non-hydrogen) atoms. The summed E-state index contributed by atoms with van der Waals surface area (Å²) in [6.45, 7) is 2.43. The second kappa shape index (κ2) is 13.4. The van der Waals surface area contributed by atoms with Crippen molar-refractivity contribution >= 4 is 27.8 Å². The van der Waals surface area contributed by atoms with Gasteiger partial charge in [-0.25, -0.2) is 0 Å². The van der Waals surface area contributed by atoms with Crippen molar-refractivity contribution in [1.82, 2.24) is 0 Å². The van der Waals surface area contributed by atoms with Crippen molar-refractivity contribution < 1.29 is 4.11 Å². The van der Waals surface area contributed by atoms with Gasteiger partial charge in [0.15, 0.2) is 0 Å². The van der Waals surface area contributed by atoms with Crippen LogP contribution in [0.3, 0.4) is 0 Å². The van der Waals surface area contributed by atoms with Crippen LogP contribution in [0.5, 0.6) is 0 Å². The maximum Gasteiger partial charge on any atom is 0.0621 e. The molecule has 1 aliphatic carbocycles. The predicted molar refractivity (Wildman–Crippen MR) is 226 cm³/mol. The van der Waals surface area contributed by atoms with Crippen LogP contribution in [0.4, 0.5) is 17.1 Å². The molecule has 256 valence electrons. The van der Waals surface area contributed by atoms with Gasteiger partial charge in [-0.1, -0.05) is 166 Å². The summed E-state index contributed by atoms with van der Waals surface area (Å²) in [6, 6.07) is 64.1. The maximum absolute atomic E-state index is 8.24. The fraction of sp³-hybridized carbons (Fsp3) is 0.115. The summed E-state index contributed by atoms with van der Waals surface area (Å²) in [4.78, 5) is 2.42. The standard InChI is InChI=1S/C52H43N/c1-4-52(5-2)48-26-16-15-25-47(48)50-49(52)35-40-20-10-12-24-46(40)51(50)53(41-31-27-38(28-32-41)43-21-11-9-17-36(43)3)42-33-29-39(30-34-42)45-23-14-13-22-44(45)37-18-7-6-8-19-37/h6-35H,4-5H2,1-3H3/i3D3. The van der Waals surface area contributed by atoms with Crippen LogP contribution < -0.4 is 4.90 Å². The van der Waals surface area contributed by atoms with Gasteiger partial charge in [-0.05, 0) is 111 Å². The van der Waals surface area contributed by atoms with E-state index in [9.17, 15) is 0 Å². The fourth-order valence-electron chi connectivity index (χ4n) is 8.81. The molecule has 0 fully saturated rings. The number of anilines is 3. The van der Waals surface area contributed by atoms with Gasteiger partial charge in [0.1, 0.15) is 0 Å². The van der Waals surface area contributed by atoms with Crippen LogP contribution in [0.15, 0.2) is 182 Å². The van der Waals surface area contributed by atoms with E-state index >= 15 is 0 Å². The number of hydrogen-bond acceptors (Lipinski definition) is 1. The summed E-state index contributed by atoms with van der Waals surface area (Å²) in [7, 11) is 0. The lowest BCUT2D eigenvalue weighted by molar-refractivity contribution is 0.491. The first-order valence-electron chi connectivity index (χ1n) is 20.2. The number of aryl methyl sites for hydroxylation is 1. The Morgan fingerprint density at radius 2 is 0.981 bits per heavy atom. The lowest BCUT2D eigenvalue weighted by atomic mass is 9.73. The van der Waals surface area contributed by atoms with Crippen molar-refractivity contribution in [3.05, 3.63) is 199 Å². The fourth-order valence-corrected chi connectivity index (χ4v) is 8.81. The van der Waals surface area contributed by atoms with Gasteiger partial charge in [0.2, 0.25) is 0 Å². The largest absolute Gasteiger partial charge is 0.309 e. The average molecular weight is 685 g/mol. The second-order valence-electron chi connectivity index (χ2n) is 14.1. The summed E-state index contributed by atoms with van der Waals surface area (Å²) >= 11 is 0. The van der Waals surface area contributed by atoms with E-state index in [1.165, 1.54) is 49.7 Å². The van der Waals surface area contributed by atoms with Gasteiger partial charge in [-0.15, -0.1) is 0 Å². The minimum Gasteiger partial charge on any atom is -0.309 e. The molecule has 8 aromatic rings. The Bertz CT molecular complexity index is 2690. The first-order valence-corrected chi connectivity index (χ1v) is 18.7. The molecule has 8 aromatic carbocycles. The molecule has 0 unspecified atom stereocenters. The third-order valence-electron chi connectivity index (χ3n) is 11.5. The Kier molecular flexibility index (Phi) is 7.44. The van der Waals surface area contributed by atoms with E-state index < -0.39 is 6.85 Å². The first kappa shape index (κ1) is 29.4. The van der Waals surface area contributed by atoms with Gasteiger partial charge < -0.3 is 4.90 Å². The highest BCUT2D eigenvalue weighted by Gasteiger charge is 2.43. The monoisotopic (exact) mass is 684 g/mol. The van der Waals surface area contributed by atoms with E-state index in [2.05, 4.69) is 176 Å².